The summed E-state index contributed by atoms with van der Waals surface area (Å²) in [4.78, 5) is 12.5. The van der Waals surface area contributed by atoms with Gasteiger partial charge in [0.15, 0.2) is 0 Å². The molecule has 1 aliphatic rings. The Morgan fingerprint density at radius 2 is 1.50 bits per heavy atom. The number of rotatable bonds is 4. The number of carbonyl (C=O) groups is 1. The third kappa shape index (κ3) is 1.63. The predicted octanol–water partition coefficient (Wildman–Crippen LogP) is 4.60. The average Bonchev–Trinajstić information content (AvgIpc) is 2.62. The Hall–Kier alpha value is -0.330. The minimum Gasteiger partial charge on any atom is -0.299 e. The molecule has 0 aromatic carbocycles. The van der Waals surface area contributed by atoms with Crippen LogP contribution in [0.2, 0.25) is 0 Å². The van der Waals surface area contributed by atoms with Crippen molar-refractivity contribution in [2.45, 2.75) is 73.6 Å². The van der Waals surface area contributed by atoms with Gasteiger partial charge in [-0.1, -0.05) is 54.4 Å². The molecule has 0 amide bonds. The lowest BCUT2D eigenvalue weighted by atomic mass is 9.50. The quantitative estimate of drug-likeness (QED) is 0.682. The summed E-state index contributed by atoms with van der Waals surface area (Å²) in [6.07, 6.45) is 5.15. The lowest BCUT2D eigenvalue weighted by Gasteiger charge is -2.53. The van der Waals surface area contributed by atoms with E-state index in [1.807, 2.05) is 0 Å². The first-order valence-corrected chi connectivity index (χ1v) is 6.78. The van der Waals surface area contributed by atoms with Gasteiger partial charge >= 0.3 is 0 Å². The van der Waals surface area contributed by atoms with E-state index in [4.69, 9.17) is 0 Å². The van der Waals surface area contributed by atoms with Crippen molar-refractivity contribution in [1.82, 2.24) is 0 Å². The van der Waals surface area contributed by atoms with Crippen LogP contribution in [0.3, 0.4) is 0 Å². The lowest BCUT2D eigenvalue weighted by molar-refractivity contribution is -0.145. The average molecular weight is 224 g/mol. The van der Waals surface area contributed by atoms with Crippen molar-refractivity contribution < 1.29 is 4.79 Å². The minimum atomic E-state index is -0.0938. The molecule has 0 heterocycles. The smallest absolute Gasteiger partial charge is 0.140 e. The van der Waals surface area contributed by atoms with Crippen molar-refractivity contribution in [3.63, 3.8) is 0 Å². The van der Waals surface area contributed by atoms with E-state index in [1.54, 1.807) is 0 Å². The molecule has 0 atom stereocenters. The van der Waals surface area contributed by atoms with E-state index >= 15 is 0 Å². The Balaban J connectivity index is 3.29. The van der Waals surface area contributed by atoms with Gasteiger partial charge in [0, 0.05) is 11.8 Å². The SMILES string of the molecule is CCC(C)(C)C1(C(C)(C)CC)CCCC1=O. The molecule has 0 radical (unpaired) electrons. The maximum atomic E-state index is 12.5. The van der Waals surface area contributed by atoms with E-state index in [2.05, 4.69) is 41.5 Å². The van der Waals surface area contributed by atoms with Gasteiger partial charge in [-0.15, -0.1) is 0 Å². The predicted molar refractivity (Wildman–Crippen MR) is 69.4 cm³/mol. The zero-order valence-corrected chi connectivity index (χ0v) is 11.9. The van der Waals surface area contributed by atoms with Crippen molar-refractivity contribution in [2.75, 3.05) is 0 Å². The number of carbonyl (C=O) groups excluding carboxylic acids is 1. The molecule has 0 unspecified atom stereocenters. The van der Waals surface area contributed by atoms with Crippen molar-refractivity contribution in [2.24, 2.45) is 16.2 Å². The normalized spacial score (nSPS) is 21.5. The topological polar surface area (TPSA) is 17.1 Å². The lowest BCUT2D eigenvalue weighted by Crippen LogP contribution is -2.51. The molecule has 16 heavy (non-hydrogen) atoms. The second-order valence-electron chi connectivity index (χ2n) is 6.66. The summed E-state index contributed by atoms with van der Waals surface area (Å²) in [7, 11) is 0. The van der Waals surface area contributed by atoms with Crippen molar-refractivity contribution in [1.29, 1.82) is 0 Å². The van der Waals surface area contributed by atoms with Crippen LogP contribution in [0.1, 0.15) is 73.6 Å². The molecule has 1 aliphatic carbocycles. The van der Waals surface area contributed by atoms with E-state index in [9.17, 15) is 4.79 Å². The molecule has 94 valence electrons. The molecule has 1 nitrogen and oxygen atoms in total. The Morgan fingerprint density at radius 1 is 1.06 bits per heavy atom. The van der Waals surface area contributed by atoms with Gasteiger partial charge in [0.05, 0.1) is 0 Å². The highest BCUT2D eigenvalue weighted by Gasteiger charge is 2.59. The van der Waals surface area contributed by atoms with E-state index in [1.165, 1.54) is 0 Å². The van der Waals surface area contributed by atoms with E-state index < -0.39 is 0 Å². The van der Waals surface area contributed by atoms with E-state index in [0.717, 1.165) is 32.1 Å². The maximum absolute atomic E-state index is 12.5. The van der Waals surface area contributed by atoms with Crippen LogP contribution in [0.4, 0.5) is 0 Å². The fourth-order valence-corrected chi connectivity index (χ4v) is 3.82. The molecular weight excluding hydrogens is 196 g/mol. The number of Topliss-reactive ketones (excluding diaryl/α,β-unsaturated/α-hetero) is 1. The van der Waals surface area contributed by atoms with Gasteiger partial charge in [0.25, 0.3) is 0 Å². The zero-order valence-electron chi connectivity index (χ0n) is 11.9. The van der Waals surface area contributed by atoms with Gasteiger partial charge in [0.2, 0.25) is 0 Å². The third-order valence-electron chi connectivity index (χ3n) is 5.51. The molecule has 0 spiro atoms. The molecule has 0 bridgehead atoms. The van der Waals surface area contributed by atoms with Crippen LogP contribution in [-0.4, -0.2) is 5.78 Å². The molecule has 0 N–H and O–H groups in total. The monoisotopic (exact) mass is 224 g/mol. The first-order chi connectivity index (χ1) is 7.25. The van der Waals surface area contributed by atoms with E-state index in [-0.39, 0.29) is 16.2 Å². The number of ketones is 1. The van der Waals surface area contributed by atoms with Gasteiger partial charge in [-0.05, 0) is 23.7 Å². The molecule has 0 aromatic rings. The summed E-state index contributed by atoms with van der Waals surface area (Å²) in [6.45, 7) is 13.6. The van der Waals surface area contributed by atoms with Crippen LogP contribution in [-0.2, 0) is 4.79 Å². The van der Waals surface area contributed by atoms with Crippen LogP contribution < -0.4 is 0 Å². The summed E-state index contributed by atoms with van der Waals surface area (Å²) < 4.78 is 0. The maximum Gasteiger partial charge on any atom is 0.140 e. The Labute approximate surface area is 101 Å². The van der Waals surface area contributed by atoms with E-state index in [0.29, 0.717) is 5.78 Å². The largest absolute Gasteiger partial charge is 0.299 e. The van der Waals surface area contributed by atoms with Crippen LogP contribution in [0.5, 0.6) is 0 Å². The zero-order chi connectivity index (χ0) is 12.6. The highest BCUT2D eigenvalue weighted by Crippen LogP contribution is 2.61. The molecule has 1 saturated carbocycles. The minimum absolute atomic E-state index is 0.0938. The summed E-state index contributed by atoms with van der Waals surface area (Å²) in [6, 6.07) is 0. The summed E-state index contributed by atoms with van der Waals surface area (Å²) >= 11 is 0. The third-order valence-corrected chi connectivity index (χ3v) is 5.51. The number of hydrogen-bond acceptors (Lipinski definition) is 1. The van der Waals surface area contributed by atoms with Crippen molar-refractivity contribution in [3.8, 4) is 0 Å². The summed E-state index contributed by atoms with van der Waals surface area (Å²) in [5, 5.41) is 0. The van der Waals surface area contributed by atoms with Gasteiger partial charge in [0.1, 0.15) is 5.78 Å². The van der Waals surface area contributed by atoms with Gasteiger partial charge < -0.3 is 0 Å². The van der Waals surface area contributed by atoms with Crippen LogP contribution in [0, 0.1) is 16.2 Å². The second kappa shape index (κ2) is 4.16. The standard InChI is InChI=1S/C15H28O/c1-7-13(3,4)15(14(5,6)8-2)11-9-10-12(15)16/h7-11H2,1-6H3. The highest BCUT2D eigenvalue weighted by atomic mass is 16.1. The fraction of sp³-hybridized carbons (Fsp3) is 0.933. The molecule has 1 fully saturated rings. The van der Waals surface area contributed by atoms with Gasteiger partial charge in [-0.2, -0.15) is 0 Å². The molecule has 0 aromatic heterocycles. The molecule has 1 heteroatoms. The summed E-state index contributed by atoms with van der Waals surface area (Å²) in [5.74, 6) is 0.520. The molecule has 0 aliphatic heterocycles. The highest BCUT2D eigenvalue weighted by molar-refractivity contribution is 5.88. The Kier molecular flexibility index (Phi) is 3.57. The van der Waals surface area contributed by atoms with Crippen molar-refractivity contribution in [3.05, 3.63) is 0 Å². The van der Waals surface area contributed by atoms with Crippen LogP contribution in [0.15, 0.2) is 0 Å². The van der Waals surface area contributed by atoms with Crippen LogP contribution >= 0.6 is 0 Å². The van der Waals surface area contributed by atoms with Crippen LogP contribution in [0.25, 0.3) is 0 Å². The summed E-state index contributed by atoms with van der Waals surface area (Å²) in [5.41, 5.74) is 0.156. The first kappa shape index (κ1) is 13.7. The molecule has 1 rings (SSSR count). The Morgan fingerprint density at radius 3 is 1.75 bits per heavy atom. The molecule has 0 saturated heterocycles. The van der Waals surface area contributed by atoms with Gasteiger partial charge in [-0.3, -0.25) is 4.79 Å². The second-order valence-corrected chi connectivity index (χ2v) is 6.66. The fourth-order valence-electron chi connectivity index (χ4n) is 3.82. The van der Waals surface area contributed by atoms with Gasteiger partial charge in [-0.25, -0.2) is 0 Å². The Bertz CT molecular complexity index is 257. The van der Waals surface area contributed by atoms with Crippen molar-refractivity contribution >= 4 is 5.78 Å². The molecular formula is C15H28O. The first-order valence-electron chi connectivity index (χ1n) is 6.78. The number of hydrogen-bond donors (Lipinski definition) is 0.